The van der Waals surface area contributed by atoms with Crippen LogP contribution in [-0.2, 0) is 16.1 Å². The number of carbonyl (C=O) groups excluding carboxylic acids is 2. The highest BCUT2D eigenvalue weighted by Crippen LogP contribution is 2.13. The van der Waals surface area contributed by atoms with Gasteiger partial charge in [-0.05, 0) is 45.4 Å². The highest BCUT2D eigenvalue weighted by atomic mass is 16.5. The maximum absolute atomic E-state index is 11.9. The molecule has 0 radical (unpaired) electrons. The first kappa shape index (κ1) is 18.0. The first-order valence-corrected chi connectivity index (χ1v) is 7.48. The molecule has 1 aromatic rings. The summed E-state index contributed by atoms with van der Waals surface area (Å²) in [5.41, 5.74) is 1.83. The minimum atomic E-state index is -0.524. The van der Waals surface area contributed by atoms with Gasteiger partial charge in [-0.2, -0.15) is 0 Å². The summed E-state index contributed by atoms with van der Waals surface area (Å²) < 4.78 is 5.55. The van der Waals surface area contributed by atoms with Crippen molar-refractivity contribution in [2.75, 3.05) is 11.9 Å². The van der Waals surface area contributed by atoms with E-state index in [0.717, 1.165) is 11.3 Å². The van der Waals surface area contributed by atoms with Crippen molar-refractivity contribution < 1.29 is 14.3 Å². The average Bonchev–Trinajstić information content (AvgIpc) is 2.45. The van der Waals surface area contributed by atoms with E-state index in [1.807, 2.05) is 38.1 Å². The summed E-state index contributed by atoms with van der Waals surface area (Å²) in [6.07, 6.45) is 0.165. The molecule has 3 amide bonds. The topological polar surface area (TPSA) is 79.5 Å². The van der Waals surface area contributed by atoms with Gasteiger partial charge in [0.25, 0.3) is 0 Å². The second-order valence-corrected chi connectivity index (χ2v) is 5.27. The number of hydrogen-bond donors (Lipinski definition) is 3. The Morgan fingerprint density at radius 3 is 2.59 bits per heavy atom. The normalized spacial score (nSPS) is 11.9. The van der Waals surface area contributed by atoms with Gasteiger partial charge in [-0.25, -0.2) is 4.79 Å². The number of imide groups is 1. The minimum absolute atomic E-state index is 0.165. The molecule has 1 aromatic carbocycles. The fraction of sp³-hybridized carbons (Fsp3) is 0.500. The Kier molecular flexibility index (Phi) is 7.39. The summed E-state index contributed by atoms with van der Waals surface area (Å²) in [5.74, 6) is -0.380. The number of benzene rings is 1. The SMILES string of the molecule is CCNC(=O)NC(=O)C(C)Nc1cccc(COC(C)C)c1. The van der Waals surface area contributed by atoms with Crippen LogP contribution in [0.15, 0.2) is 24.3 Å². The highest BCUT2D eigenvalue weighted by molar-refractivity contribution is 5.97. The molecule has 0 aromatic heterocycles. The number of urea groups is 1. The van der Waals surface area contributed by atoms with E-state index in [-0.39, 0.29) is 12.0 Å². The molecule has 3 N–H and O–H groups in total. The molecule has 6 heteroatoms. The van der Waals surface area contributed by atoms with E-state index in [2.05, 4.69) is 16.0 Å². The molecule has 0 saturated heterocycles. The first-order valence-electron chi connectivity index (χ1n) is 7.48. The number of ether oxygens (including phenoxy) is 1. The molecule has 0 aliphatic rings. The summed E-state index contributed by atoms with van der Waals surface area (Å²) in [6.45, 7) is 8.44. The molecule has 1 atom stereocenters. The third kappa shape index (κ3) is 6.58. The summed E-state index contributed by atoms with van der Waals surface area (Å²) in [5, 5.41) is 7.87. The minimum Gasteiger partial charge on any atom is -0.374 e. The van der Waals surface area contributed by atoms with Crippen LogP contribution in [0.4, 0.5) is 10.5 Å². The zero-order chi connectivity index (χ0) is 16.5. The van der Waals surface area contributed by atoms with Crippen LogP contribution in [0.2, 0.25) is 0 Å². The van der Waals surface area contributed by atoms with Crippen molar-refractivity contribution in [3.8, 4) is 0 Å². The van der Waals surface area contributed by atoms with Crippen molar-refractivity contribution in [3.63, 3.8) is 0 Å². The molecular weight excluding hydrogens is 282 g/mol. The second kappa shape index (κ2) is 9.04. The number of anilines is 1. The molecule has 0 saturated carbocycles. The Hall–Kier alpha value is -2.08. The lowest BCUT2D eigenvalue weighted by atomic mass is 10.2. The molecule has 1 unspecified atom stereocenters. The van der Waals surface area contributed by atoms with Crippen LogP contribution in [0.5, 0.6) is 0 Å². The lowest BCUT2D eigenvalue weighted by molar-refractivity contribution is -0.120. The smallest absolute Gasteiger partial charge is 0.321 e. The second-order valence-electron chi connectivity index (χ2n) is 5.27. The fourth-order valence-corrected chi connectivity index (χ4v) is 1.75. The predicted octanol–water partition coefficient (Wildman–Crippen LogP) is 2.26. The van der Waals surface area contributed by atoms with Gasteiger partial charge in [0.2, 0.25) is 5.91 Å². The molecule has 0 heterocycles. The van der Waals surface area contributed by atoms with Gasteiger partial charge in [0.15, 0.2) is 0 Å². The number of amides is 3. The number of rotatable bonds is 7. The summed E-state index contributed by atoms with van der Waals surface area (Å²) >= 11 is 0. The lowest BCUT2D eigenvalue weighted by Crippen LogP contribution is -2.45. The van der Waals surface area contributed by atoms with Crippen LogP contribution < -0.4 is 16.0 Å². The first-order chi connectivity index (χ1) is 10.4. The van der Waals surface area contributed by atoms with Crippen molar-refractivity contribution in [3.05, 3.63) is 29.8 Å². The largest absolute Gasteiger partial charge is 0.374 e. The Labute approximate surface area is 131 Å². The van der Waals surface area contributed by atoms with E-state index in [1.54, 1.807) is 13.8 Å². The van der Waals surface area contributed by atoms with Gasteiger partial charge in [0.05, 0.1) is 12.7 Å². The zero-order valence-corrected chi connectivity index (χ0v) is 13.6. The summed E-state index contributed by atoms with van der Waals surface area (Å²) in [6, 6.07) is 6.65. The van der Waals surface area contributed by atoms with Crippen LogP contribution in [0.1, 0.15) is 33.3 Å². The molecule has 0 aliphatic carbocycles. The van der Waals surface area contributed by atoms with Gasteiger partial charge < -0.3 is 15.4 Å². The summed E-state index contributed by atoms with van der Waals surface area (Å²) in [4.78, 5) is 23.2. The molecule has 0 bridgehead atoms. The van der Waals surface area contributed by atoms with Gasteiger partial charge in [-0.15, -0.1) is 0 Å². The summed E-state index contributed by atoms with van der Waals surface area (Å²) in [7, 11) is 0. The van der Waals surface area contributed by atoms with Crippen molar-refractivity contribution in [1.82, 2.24) is 10.6 Å². The molecule has 0 aliphatic heterocycles. The monoisotopic (exact) mass is 307 g/mol. The Balaban J connectivity index is 2.56. The van der Waals surface area contributed by atoms with E-state index < -0.39 is 12.1 Å². The molecule has 22 heavy (non-hydrogen) atoms. The Bertz CT molecular complexity index is 503. The van der Waals surface area contributed by atoms with Crippen molar-refractivity contribution in [2.24, 2.45) is 0 Å². The maximum Gasteiger partial charge on any atom is 0.321 e. The van der Waals surface area contributed by atoms with E-state index in [4.69, 9.17) is 4.74 Å². The standard InChI is InChI=1S/C16H25N3O3/c1-5-17-16(21)19-15(20)12(4)18-14-8-6-7-13(9-14)10-22-11(2)3/h6-9,11-12,18H,5,10H2,1-4H3,(H2,17,19,20,21). The molecule has 1 rings (SSSR count). The third-order valence-corrected chi connectivity index (χ3v) is 2.86. The number of nitrogens with one attached hydrogen (secondary N) is 3. The Morgan fingerprint density at radius 1 is 1.23 bits per heavy atom. The lowest BCUT2D eigenvalue weighted by Gasteiger charge is -2.16. The van der Waals surface area contributed by atoms with Crippen LogP contribution in [0.3, 0.4) is 0 Å². The third-order valence-electron chi connectivity index (χ3n) is 2.86. The van der Waals surface area contributed by atoms with Crippen molar-refractivity contribution in [1.29, 1.82) is 0 Å². The van der Waals surface area contributed by atoms with E-state index in [1.165, 1.54) is 0 Å². The van der Waals surface area contributed by atoms with Crippen LogP contribution in [-0.4, -0.2) is 30.6 Å². The van der Waals surface area contributed by atoms with Gasteiger partial charge in [0.1, 0.15) is 6.04 Å². The number of hydrogen-bond acceptors (Lipinski definition) is 4. The van der Waals surface area contributed by atoms with Gasteiger partial charge in [-0.3, -0.25) is 10.1 Å². The molecule has 6 nitrogen and oxygen atoms in total. The molecule has 122 valence electrons. The molecular formula is C16H25N3O3. The van der Waals surface area contributed by atoms with E-state index >= 15 is 0 Å². The van der Waals surface area contributed by atoms with Crippen molar-refractivity contribution in [2.45, 2.75) is 46.4 Å². The quantitative estimate of drug-likeness (QED) is 0.722. The zero-order valence-electron chi connectivity index (χ0n) is 13.6. The van der Waals surface area contributed by atoms with E-state index in [9.17, 15) is 9.59 Å². The fourth-order valence-electron chi connectivity index (χ4n) is 1.75. The van der Waals surface area contributed by atoms with Gasteiger partial charge >= 0.3 is 6.03 Å². The molecule has 0 fully saturated rings. The van der Waals surface area contributed by atoms with Gasteiger partial charge in [0, 0.05) is 12.2 Å². The van der Waals surface area contributed by atoms with Gasteiger partial charge in [-0.1, -0.05) is 12.1 Å². The number of carbonyl (C=O) groups is 2. The maximum atomic E-state index is 11.9. The highest BCUT2D eigenvalue weighted by Gasteiger charge is 2.15. The average molecular weight is 307 g/mol. The Morgan fingerprint density at radius 2 is 1.95 bits per heavy atom. The van der Waals surface area contributed by atoms with Crippen LogP contribution >= 0.6 is 0 Å². The van der Waals surface area contributed by atoms with Crippen LogP contribution in [0, 0.1) is 0 Å². The predicted molar refractivity (Wildman–Crippen MR) is 86.7 cm³/mol. The van der Waals surface area contributed by atoms with Crippen LogP contribution in [0.25, 0.3) is 0 Å². The molecule has 0 spiro atoms. The van der Waals surface area contributed by atoms with Crippen molar-refractivity contribution >= 4 is 17.6 Å². The van der Waals surface area contributed by atoms with E-state index in [0.29, 0.717) is 13.2 Å².